The zero-order chi connectivity index (χ0) is 12.3. The fourth-order valence-electron chi connectivity index (χ4n) is 1.37. The van der Waals surface area contributed by atoms with Crippen molar-refractivity contribution in [1.29, 1.82) is 0 Å². The van der Waals surface area contributed by atoms with Crippen molar-refractivity contribution in [3.8, 4) is 17.5 Å². The first-order valence-electron chi connectivity index (χ1n) is 5.40. The zero-order valence-corrected chi connectivity index (χ0v) is 9.88. The summed E-state index contributed by atoms with van der Waals surface area (Å²) in [6.07, 6.45) is 3.61. The van der Waals surface area contributed by atoms with Gasteiger partial charge in [-0.1, -0.05) is 17.9 Å². The molecule has 3 heteroatoms. The molecule has 0 radical (unpaired) electrons. The fourth-order valence-corrected chi connectivity index (χ4v) is 1.37. The first-order valence-corrected chi connectivity index (χ1v) is 5.40. The number of aromatic nitrogens is 2. The van der Waals surface area contributed by atoms with Crippen LogP contribution in [-0.4, -0.2) is 20.5 Å². The van der Waals surface area contributed by atoms with Gasteiger partial charge in [0.25, 0.3) is 0 Å². The second-order valence-electron chi connectivity index (χ2n) is 4.31. The van der Waals surface area contributed by atoms with Crippen LogP contribution < -0.4 is 0 Å². The van der Waals surface area contributed by atoms with Gasteiger partial charge in [0, 0.05) is 18.0 Å². The molecule has 2 aromatic rings. The van der Waals surface area contributed by atoms with Crippen molar-refractivity contribution >= 4 is 0 Å². The molecule has 0 atom stereocenters. The molecule has 86 valence electrons. The number of hydrogen-bond acceptors (Lipinski definition) is 2. The quantitative estimate of drug-likeness (QED) is 0.755. The van der Waals surface area contributed by atoms with Crippen LogP contribution >= 0.6 is 0 Å². The summed E-state index contributed by atoms with van der Waals surface area (Å²) < 4.78 is 1.77. The topological polar surface area (TPSA) is 38.0 Å². The maximum atomic E-state index is 9.54. The molecule has 3 nitrogen and oxygen atoms in total. The molecule has 1 N–H and O–H groups in total. The van der Waals surface area contributed by atoms with E-state index in [-0.39, 0.29) is 0 Å². The van der Waals surface area contributed by atoms with Gasteiger partial charge in [-0.05, 0) is 38.1 Å². The second-order valence-corrected chi connectivity index (χ2v) is 4.31. The summed E-state index contributed by atoms with van der Waals surface area (Å²) in [6.45, 7) is 3.33. The van der Waals surface area contributed by atoms with E-state index in [1.165, 1.54) is 0 Å². The van der Waals surface area contributed by atoms with E-state index in [0.717, 1.165) is 11.3 Å². The Morgan fingerprint density at radius 3 is 2.76 bits per heavy atom. The molecule has 0 bridgehead atoms. The summed E-state index contributed by atoms with van der Waals surface area (Å²) in [5.74, 6) is 5.73. The Bertz CT molecular complexity index is 554. The Labute approximate surface area is 101 Å². The van der Waals surface area contributed by atoms with Gasteiger partial charge in [-0.25, -0.2) is 4.68 Å². The molecule has 0 fully saturated rings. The highest BCUT2D eigenvalue weighted by Crippen LogP contribution is 2.09. The Balaban J connectivity index is 2.32. The van der Waals surface area contributed by atoms with E-state index in [9.17, 15) is 5.11 Å². The monoisotopic (exact) mass is 226 g/mol. The zero-order valence-electron chi connectivity index (χ0n) is 9.88. The highest BCUT2D eigenvalue weighted by Gasteiger charge is 2.05. The minimum absolute atomic E-state index is 0.861. The van der Waals surface area contributed by atoms with E-state index < -0.39 is 5.60 Å². The summed E-state index contributed by atoms with van der Waals surface area (Å²) in [4.78, 5) is 0. The lowest BCUT2D eigenvalue weighted by atomic mass is 10.1. The van der Waals surface area contributed by atoms with Crippen LogP contribution in [0, 0.1) is 11.8 Å². The number of rotatable bonds is 1. The first kappa shape index (κ1) is 11.4. The van der Waals surface area contributed by atoms with E-state index in [1.54, 1.807) is 24.7 Å². The van der Waals surface area contributed by atoms with Crippen molar-refractivity contribution in [3.63, 3.8) is 0 Å². The third-order valence-corrected chi connectivity index (χ3v) is 2.13. The van der Waals surface area contributed by atoms with E-state index in [1.807, 2.05) is 36.5 Å². The van der Waals surface area contributed by atoms with Gasteiger partial charge in [-0.2, -0.15) is 5.10 Å². The molecule has 0 unspecified atom stereocenters. The normalized spacial score (nSPS) is 10.8. The smallest absolute Gasteiger partial charge is 0.120 e. The van der Waals surface area contributed by atoms with Crippen molar-refractivity contribution < 1.29 is 5.11 Å². The van der Waals surface area contributed by atoms with Gasteiger partial charge in [-0.15, -0.1) is 0 Å². The van der Waals surface area contributed by atoms with Gasteiger partial charge >= 0.3 is 0 Å². The molecule has 1 heterocycles. The van der Waals surface area contributed by atoms with Crippen LogP contribution in [0.15, 0.2) is 42.7 Å². The van der Waals surface area contributed by atoms with Gasteiger partial charge in [-0.3, -0.25) is 0 Å². The molecule has 1 aromatic carbocycles. The maximum Gasteiger partial charge on any atom is 0.120 e. The largest absolute Gasteiger partial charge is 0.378 e. The van der Waals surface area contributed by atoms with Gasteiger partial charge in [0.15, 0.2) is 0 Å². The number of benzene rings is 1. The molecule has 1 aromatic heterocycles. The van der Waals surface area contributed by atoms with Crippen LogP contribution in [0.25, 0.3) is 5.69 Å². The SMILES string of the molecule is CC(C)(O)C#Cc1cccc(-n2cccn2)c1. The fraction of sp³-hybridized carbons (Fsp3) is 0.214. The molecule has 0 aliphatic rings. The third-order valence-electron chi connectivity index (χ3n) is 2.13. The van der Waals surface area contributed by atoms with Crippen LogP contribution in [0.4, 0.5) is 0 Å². The molecule has 0 amide bonds. The Morgan fingerprint density at radius 2 is 2.12 bits per heavy atom. The summed E-state index contributed by atoms with van der Waals surface area (Å²) in [7, 11) is 0. The summed E-state index contributed by atoms with van der Waals surface area (Å²) >= 11 is 0. The summed E-state index contributed by atoms with van der Waals surface area (Å²) in [5, 5.41) is 13.7. The van der Waals surface area contributed by atoms with Crippen molar-refractivity contribution in [1.82, 2.24) is 9.78 Å². The van der Waals surface area contributed by atoms with Crippen molar-refractivity contribution in [3.05, 3.63) is 48.3 Å². The van der Waals surface area contributed by atoms with Crippen LogP contribution in [0.2, 0.25) is 0 Å². The Kier molecular flexibility index (Phi) is 2.99. The molecule has 0 aliphatic carbocycles. The van der Waals surface area contributed by atoms with Crippen molar-refractivity contribution in [2.45, 2.75) is 19.4 Å². The van der Waals surface area contributed by atoms with Crippen LogP contribution in [0.1, 0.15) is 19.4 Å². The molecule has 17 heavy (non-hydrogen) atoms. The first-order chi connectivity index (χ1) is 8.04. The second kappa shape index (κ2) is 4.44. The highest BCUT2D eigenvalue weighted by atomic mass is 16.3. The molecule has 0 aliphatic heterocycles. The summed E-state index contributed by atoms with van der Waals surface area (Å²) in [5.41, 5.74) is 0.847. The number of hydrogen-bond donors (Lipinski definition) is 1. The van der Waals surface area contributed by atoms with E-state index in [0.29, 0.717) is 0 Å². The standard InChI is InChI=1S/C14H14N2O/c1-14(2,17)8-7-12-5-3-6-13(11-12)16-10-4-9-15-16/h3-6,9-11,17H,1-2H3. The average Bonchev–Trinajstić information content (AvgIpc) is 2.79. The summed E-state index contributed by atoms with van der Waals surface area (Å²) in [6, 6.07) is 9.60. The lowest BCUT2D eigenvalue weighted by molar-refractivity contribution is 0.143. The predicted molar refractivity (Wildman–Crippen MR) is 66.7 cm³/mol. The average molecular weight is 226 g/mol. The van der Waals surface area contributed by atoms with Crippen molar-refractivity contribution in [2.24, 2.45) is 0 Å². The number of aliphatic hydroxyl groups is 1. The van der Waals surface area contributed by atoms with Crippen LogP contribution in [0.5, 0.6) is 0 Å². The third kappa shape index (κ3) is 3.20. The van der Waals surface area contributed by atoms with E-state index in [2.05, 4.69) is 16.9 Å². The molecule has 0 spiro atoms. The van der Waals surface area contributed by atoms with Crippen molar-refractivity contribution in [2.75, 3.05) is 0 Å². The molecule has 0 saturated carbocycles. The van der Waals surface area contributed by atoms with Crippen LogP contribution in [-0.2, 0) is 0 Å². The highest BCUT2D eigenvalue weighted by molar-refractivity contribution is 5.43. The maximum absolute atomic E-state index is 9.54. The number of nitrogens with zero attached hydrogens (tertiary/aromatic N) is 2. The predicted octanol–water partition coefficient (Wildman–Crippen LogP) is 1.99. The molecule has 2 rings (SSSR count). The molecular weight excluding hydrogens is 212 g/mol. The lowest BCUT2D eigenvalue weighted by Crippen LogP contribution is -2.14. The lowest BCUT2D eigenvalue weighted by Gasteiger charge is -2.06. The van der Waals surface area contributed by atoms with Crippen LogP contribution in [0.3, 0.4) is 0 Å². The molecular formula is C14H14N2O. The van der Waals surface area contributed by atoms with Gasteiger partial charge in [0.2, 0.25) is 0 Å². The minimum Gasteiger partial charge on any atom is -0.378 e. The van der Waals surface area contributed by atoms with E-state index >= 15 is 0 Å². The Hall–Kier alpha value is -2.05. The molecule has 0 saturated heterocycles. The van der Waals surface area contributed by atoms with Gasteiger partial charge < -0.3 is 5.11 Å². The Morgan fingerprint density at radius 1 is 1.29 bits per heavy atom. The minimum atomic E-state index is -0.971. The van der Waals surface area contributed by atoms with E-state index in [4.69, 9.17) is 0 Å². The van der Waals surface area contributed by atoms with Gasteiger partial charge in [0.05, 0.1) is 5.69 Å². The van der Waals surface area contributed by atoms with Gasteiger partial charge in [0.1, 0.15) is 5.60 Å².